The molecule has 12 heavy (non-hydrogen) atoms. The van der Waals surface area contributed by atoms with Crippen molar-refractivity contribution in [2.75, 3.05) is 13.1 Å². The van der Waals surface area contributed by atoms with Crippen molar-refractivity contribution in [2.24, 2.45) is 0 Å². The predicted molar refractivity (Wildman–Crippen MR) is 40.0 cm³/mol. The molecule has 0 aliphatic carbocycles. The molecule has 1 aliphatic heterocycles. The molecule has 0 spiro atoms. The number of hydrogen-bond acceptors (Lipinski definition) is 3. The summed E-state index contributed by atoms with van der Waals surface area (Å²) in [5.41, 5.74) is 0. The Labute approximate surface area is 69.7 Å². The first-order valence-electron chi connectivity index (χ1n) is 3.75. The number of nitrogens with zero attached hydrogens (tertiary/aromatic N) is 1. The van der Waals surface area contributed by atoms with Crippen LogP contribution in [-0.4, -0.2) is 35.7 Å². The van der Waals surface area contributed by atoms with E-state index >= 15 is 0 Å². The zero-order chi connectivity index (χ0) is 9.14. The highest BCUT2D eigenvalue weighted by Gasteiger charge is 2.26. The van der Waals surface area contributed by atoms with Crippen molar-refractivity contribution in [3.8, 4) is 0 Å². The van der Waals surface area contributed by atoms with Gasteiger partial charge in [0.1, 0.15) is 6.54 Å². The molecule has 3 amide bonds. The van der Waals surface area contributed by atoms with Crippen LogP contribution < -0.4 is 5.32 Å². The molecular weight excluding hydrogens is 160 g/mol. The van der Waals surface area contributed by atoms with E-state index in [4.69, 9.17) is 0 Å². The van der Waals surface area contributed by atoms with Crippen LogP contribution in [0, 0.1) is 0 Å². The Balaban J connectivity index is 2.67. The molecule has 0 unspecified atom stereocenters. The molecule has 0 aromatic heterocycles. The molecule has 0 atom stereocenters. The molecule has 1 heterocycles. The number of piperazine rings is 1. The third-order valence-corrected chi connectivity index (χ3v) is 1.64. The molecule has 5 nitrogen and oxygen atoms in total. The Morgan fingerprint density at radius 3 is 2.83 bits per heavy atom. The van der Waals surface area contributed by atoms with Gasteiger partial charge in [-0.05, 0) is 0 Å². The third-order valence-electron chi connectivity index (χ3n) is 1.64. The first-order chi connectivity index (χ1) is 5.65. The minimum Gasteiger partial charge on any atom is -0.345 e. The lowest BCUT2D eigenvalue weighted by Crippen LogP contribution is -2.53. The average Bonchev–Trinajstić information content (AvgIpc) is 2.08. The van der Waals surface area contributed by atoms with Gasteiger partial charge in [0.2, 0.25) is 17.7 Å². The van der Waals surface area contributed by atoms with Gasteiger partial charge in [-0.1, -0.05) is 6.92 Å². The van der Waals surface area contributed by atoms with Gasteiger partial charge in [-0.2, -0.15) is 0 Å². The molecule has 1 N–H and O–H groups in total. The summed E-state index contributed by atoms with van der Waals surface area (Å²) in [6.45, 7) is 1.46. The van der Waals surface area contributed by atoms with Crippen molar-refractivity contribution in [3.63, 3.8) is 0 Å². The molecule has 66 valence electrons. The number of nitrogens with one attached hydrogen (secondary N) is 1. The average molecular weight is 170 g/mol. The minimum absolute atomic E-state index is 0.0649. The van der Waals surface area contributed by atoms with E-state index in [2.05, 4.69) is 5.32 Å². The molecule has 1 fully saturated rings. The van der Waals surface area contributed by atoms with Gasteiger partial charge in [-0.15, -0.1) is 0 Å². The largest absolute Gasteiger partial charge is 0.345 e. The lowest BCUT2D eigenvalue weighted by molar-refractivity contribution is -0.150. The van der Waals surface area contributed by atoms with Gasteiger partial charge < -0.3 is 5.32 Å². The minimum atomic E-state index is -0.332. The first kappa shape index (κ1) is 8.70. The summed E-state index contributed by atoms with van der Waals surface area (Å²) in [7, 11) is 0. The third kappa shape index (κ3) is 1.61. The molecule has 1 aliphatic rings. The van der Waals surface area contributed by atoms with E-state index in [0.717, 1.165) is 4.90 Å². The second kappa shape index (κ2) is 3.34. The van der Waals surface area contributed by atoms with Crippen molar-refractivity contribution in [3.05, 3.63) is 0 Å². The molecule has 0 saturated carbocycles. The molecule has 0 aromatic carbocycles. The van der Waals surface area contributed by atoms with E-state index in [0.29, 0.717) is 0 Å². The SMILES string of the molecule is CCC(=O)N1CC(=O)NCC1=O. The van der Waals surface area contributed by atoms with Gasteiger partial charge in [0.15, 0.2) is 0 Å². The smallest absolute Gasteiger partial charge is 0.249 e. The van der Waals surface area contributed by atoms with Gasteiger partial charge in [0, 0.05) is 6.42 Å². The fourth-order valence-corrected chi connectivity index (χ4v) is 0.975. The Morgan fingerprint density at radius 1 is 1.58 bits per heavy atom. The summed E-state index contributed by atoms with van der Waals surface area (Å²) in [5, 5.41) is 2.36. The van der Waals surface area contributed by atoms with E-state index in [1.54, 1.807) is 6.92 Å². The van der Waals surface area contributed by atoms with Gasteiger partial charge in [0.05, 0.1) is 6.54 Å². The Morgan fingerprint density at radius 2 is 2.25 bits per heavy atom. The Kier molecular flexibility index (Phi) is 2.42. The van der Waals surface area contributed by atoms with Gasteiger partial charge in [-0.3, -0.25) is 19.3 Å². The summed E-state index contributed by atoms with van der Waals surface area (Å²) < 4.78 is 0. The summed E-state index contributed by atoms with van der Waals surface area (Å²) in [5.74, 6) is -0.910. The maximum absolute atomic E-state index is 11.0. The van der Waals surface area contributed by atoms with Crippen molar-refractivity contribution in [1.29, 1.82) is 0 Å². The van der Waals surface area contributed by atoms with E-state index in [-0.39, 0.29) is 37.2 Å². The van der Waals surface area contributed by atoms with Crippen molar-refractivity contribution in [2.45, 2.75) is 13.3 Å². The second-order valence-electron chi connectivity index (χ2n) is 2.50. The highest BCUT2D eigenvalue weighted by molar-refractivity contribution is 6.03. The second-order valence-corrected chi connectivity index (χ2v) is 2.50. The van der Waals surface area contributed by atoms with E-state index in [1.165, 1.54) is 0 Å². The molecular formula is C7H10N2O3. The summed E-state index contributed by atoms with van der Waals surface area (Å²) in [4.78, 5) is 33.8. The van der Waals surface area contributed by atoms with Crippen LogP contribution in [0.3, 0.4) is 0 Å². The van der Waals surface area contributed by atoms with E-state index < -0.39 is 0 Å². The quantitative estimate of drug-likeness (QED) is 0.542. The lowest BCUT2D eigenvalue weighted by atomic mass is 10.3. The fraction of sp³-hybridized carbons (Fsp3) is 0.571. The van der Waals surface area contributed by atoms with Crippen LogP contribution in [0.5, 0.6) is 0 Å². The summed E-state index contributed by atoms with van der Waals surface area (Å²) in [6, 6.07) is 0. The molecule has 0 radical (unpaired) electrons. The molecule has 5 heteroatoms. The number of hydrogen-bond donors (Lipinski definition) is 1. The topological polar surface area (TPSA) is 66.5 Å². The molecule has 1 saturated heterocycles. The zero-order valence-corrected chi connectivity index (χ0v) is 6.79. The van der Waals surface area contributed by atoms with Crippen LogP contribution in [0.1, 0.15) is 13.3 Å². The normalized spacial score (nSPS) is 17.6. The molecule has 1 rings (SSSR count). The van der Waals surface area contributed by atoms with Crippen LogP contribution in [-0.2, 0) is 14.4 Å². The van der Waals surface area contributed by atoms with Gasteiger partial charge >= 0.3 is 0 Å². The van der Waals surface area contributed by atoms with Crippen LogP contribution in [0.2, 0.25) is 0 Å². The van der Waals surface area contributed by atoms with Crippen LogP contribution >= 0.6 is 0 Å². The number of imide groups is 1. The Hall–Kier alpha value is -1.39. The monoisotopic (exact) mass is 170 g/mol. The standard InChI is InChI=1S/C7H10N2O3/c1-2-6(11)9-4-5(10)8-3-7(9)12/h2-4H2,1H3,(H,8,10). The number of carbonyl (C=O) groups excluding carboxylic acids is 3. The first-order valence-corrected chi connectivity index (χ1v) is 3.75. The predicted octanol–water partition coefficient (Wildman–Crippen LogP) is -1.12. The van der Waals surface area contributed by atoms with E-state index in [9.17, 15) is 14.4 Å². The molecule has 0 bridgehead atoms. The van der Waals surface area contributed by atoms with Crippen LogP contribution in [0.15, 0.2) is 0 Å². The highest BCUT2D eigenvalue weighted by atomic mass is 16.2. The highest BCUT2D eigenvalue weighted by Crippen LogP contribution is 1.98. The summed E-state index contributed by atoms with van der Waals surface area (Å²) in [6.07, 6.45) is 0.249. The number of carbonyl (C=O) groups is 3. The van der Waals surface area contributed by atoms with Crippen molar-refractivity contribution >= 4 is 17.7 Å². The van der Waals surface area contributed by atoms with Crippen molar-refractivity contribution < 1.29 is 14.4 Å². The lowest BCUT2D eigenvalue weighted by Gasteiger charge is -2.24. The maximum Gasteiger partial charge on any atom is 0.249 e. The fourth-order valence-electron chi connectivity index (χ4n) is 0.975. The number of amides is 3. The van der Waals surface area contributed by atoms with Crippen LogP contribution in [0.25, 0.3) is 0 Å². The van der Waals surface area contributed by atoms with Crippen molar-refractivity contribution in [1.82, 2.24) is 10.2 Å². The molecule has 0 aromatic rings. The van der Waals surface area contributed by atoms with Gasteiger partial charge in [-0.25, -0.2) is 0 Å². The maximum atomic E-state index is 11.0. The zero-order valence-electron chi connectivity index (χ0n) is 6.79. The number of rotatable bonds is 1. The van der Waals surface area contributed by atoms with E-state index in [1.807, 2.05) is 0 Å². The summed E-state index contributed by atoms with van der Waals surface area (Å²) >= 11 is 0. The Bertz CT molecular complexity index is 229. The van der Waals surface area contributed by atoms with Crippen LogP contribution in [0.4, 0.5) is 0 Å². The van der Waals surface area contributed by atoms with Gasteiger partial charge in [0.25, 0.3) is 0 Å².